The molecule has 8 heteroatoms. The SMILES string of the molecule is Cc1c(-c2onc(-c3c(F)cccc3Cl)c2COC2CC2)cnn1[C@H]1C[C@](C)(O)C1. The van der Waals surface area contributed by atoms with E-state index in [0.29, 0.717) is 29.9 Å². The molecule has 2 fully saturated rings. The molecule has 0 aliphatic heterocycles. The second kappa shape index (κ2) is 7.18. The van der Waals surface area contributed by atoms with E-state index < -0.39 is 11.4 Å². The topological polar surface area (TPSA) is 73.3 Å². The highest BCUT2D eigenvalue weighted by Crippen LogP contribution is 2.44. The van der Waals surface area contributed by atoms with Gasteiger partial charge in [0.15, 0.2) is 5.76 Å². The van der Waals surface area contributed by atoms with Crippen molar-refractivity contribution >= 4 is 11.6 Å². The molecule has 0 bridgehead atoms. The Morgan fingerprint density at radius 2 is 2.13 bits per heavy atom. The molecule has 2 heterocycles. The third-order valence-electron chi connectivity index (χ3n) is 5.96. The van der Waals surface area contributed by atoms with Crippen molar-refractivity contribution in [2.75, 3.05) is 0 Å². The lowest BCUT2D eigenvalue weighted by molar-refractivity contribution is -0.0548. The molecule has 0 amide bonds. The molecule has 5 rings (SSSR count). The van der Waals surface area contributed by atoms with Crippen LogP contribution < -0.4 is 0 Å². The maximum Gasteiger partial charge on any atom is 0.176 e. The Morgan fingerprint density at radius 3 is 2.80 bits per heavy atom. The fraction of sp³-hybridized carbons (Fsp3) is 0.455. The predicted molar refractivity (Wildman–Crippen MR) is 110 cm³/mol. The van der Waals surface area contributed by atoms with Gasteiger partial charge in [-0.3, -0.25) is 4.68 Å². The van der Waals surface area contributed by atoms with Crippen LogP contribution >= 0.6 is 11.6 Å². The molecule has 30 heavy (non-hydrogen) atoms. The van der Waals surface area contributed by atoms with Gasteiger partial charge in [0.2, 0.25) is 0 Å². The number of aromatic nitrogens is 3. The summed E-state index contributed by atoms with van der Waals surface area (Å²) in [7, 11) is 0. The van der Waals surface area contributed by atoms with E-state index in [1.807, 2.05) is 18.5 Å². The van der Waals surface area contributed by atoms with Gasteiger partial charge in [0.1, 0.15) is 11.5 Å². The third-order valence-corrected chi connectivity index (χ3v) is 6.28. The number of nitrogens with zero attached hydrogens (tertiary/aromatic N) is 3. The van der Waals surface area contributed by atoms with Gasteiger partial charge in [0.05, 0.1) is 52.3 Å². The molecule has 1 aromatic carbocycles. The lowest BCUT2D eigenvalue weighted by Gasteiger charge is -2.41. The van der Waals surface area contributed by atoms with Crippen molar-refractivity contribution in [3.8, 4) is 22.6 Å². The first-order valence-corrected chi connectivity index (χ1v) is 10.5. The number of hydrogen-bond acceptors (Lipinski definition) is 5. The summed E-state index contributed by atoms with van der Waals surface area (Å²) in [6, 6.07) is 4.69. The van der Waals surface area contributed by atoms with Crippen molar-refractivity contribution in [3.05, 3.63) is 46.5 Å². The van der Waals surface area contributed by atoms with Crippen molar-refractivity contribution in [2.24, 2.45) is 0 Å². The number of ether oxygens (including phenoxy) is 1. The Labute approximate surface area is 178 Å². The zero-order valence-corrected chi connectivity index (χ0v) is 17.6. The highest BCUT2D eigenvalue weighted by molar-refractivity contribution is 6.33. The largest absolute Gasteiger partial charge is 0.390 e. The van der Waals surface area contributed by atoms with Crippen molar-refractivity contribution in [3.63, 3.8) is 0 Å². The van der Waals surface area contributed by atoms with Crippen LogP contribution in [0.1, 0.15) is 49.9 Å². The van der Waals surface area contributed by atoms with Crippen molar-refractivity contribution in [2.45, 2.75) is 63.9 Å². The monoisotopic (exact) mass is 431 g/mol. The van der Waals surface area contributed by atoms with E-state index in [9.17, 15) is 9.50 Å². The minimum Gasteiger partial charge on any atom is -0.390 e. The van der Waals surface area contributed by atoms with E-state index in [-0.39, 0.29) is 29.3 Å². The van der Waals surface area contributed by atoms with Gasteiger partial charge in [-0.1, -0.05) is 22.8 Å². The summed E-state index contributed by atoms with van der Waals surface area (Å²) in [5, 5.41) is 19.0. The molecule has 1 N–H and O–H groups in total. The molecule has 0 radical (unpaired) electrons. The second-order valence-corrected chi connectivity index (χ2v) is 9.00. The highest BCUT2D eigenvalue weighted by atomic mass is 35.5. The fourth-order valence-electron chi connectivity index (χ4n) is 4.15. The number of hydrogen-bond donors (Lipinski definition) is 1. The van der Waals surface area contributed by atoms with E-state index in [1.54, 1.807) is 18.3 Å². The molecule has 158 valence electrons. The van der Waals surface area contributed by atoms with Gasteiger partial charge in [0.25, 0.3) is 0 Å². The third kappa shape index (κ3) is 3.45. The van der Waals surface area contributed by atoms with Gasteiger partial charge >= 0.3 is 0 Å². The molecule has 3 aromatic rings. The second-order valence-electron chi connectivity index (χ2n) is 8.59. The molecule has 0 atom stereocenters. The van der Waals surface area contributed by atoms with Crippen LogP contribution in [0.4, 0.5) is 4.39 Å². The zero-order chi connectivity index (χ0) is 21.0. The number of halogens is 2. The summed E-state index contributed by atoms with van der Waals surface area (Å²) >= 11 is 6.29. The van der Waals surface area contributed by atoms with Crippen LogP contribution in [-0.4, -0.2) is 31.7 Å². The van der Waals surface area contributed by atoms with Gasteiger partial charge < -0.3 is 14.4 Å². The van der Waals surface area contributed by atoms with Crippen LogP contribution in [0.3, 0.4) is 0 Å². The van der Waals surface area contributed by atoms with Crippen LogP contribution in [0.15, 0.2) is 28.9 Å². The lowest BCUT2D eigenvalue weighted by Crippen LogP contribution is -2.42. The first-order valence-electron chi connectivity index (χ1n) is 10.2. The molecule has 6 nitrogen and oxygen atoms in total. The summed E-state index contributed by atoms with van der Waals surface area (Å²) in [5.74, 6) is 0.0546. The van der Waals surface area contributed by atoms with Crippen LogP contribution in [0.5, 0.6) is 0 Å². The smallest absolute Gasteiger partial charge is 0.176 e. The first kappa shape index (κ1) is 19.7. The number of benzene rings is 1. The summed E-state index contributed by atoms with van der Waals surface area (Å²) in [4.78, 5) is 0. The first-order chi connectivity index (χ1) is 14.3. The Morgan fingerprint density at radius 1 is 1.37 bits per heavy atom. The van der Waals surface area contributed by atoms with Gasteiger partial charge in [-0.25, -0.2) is 4.39 Å². The van der Waals surface area contributed by atoms with E-state index in [0.717, 1.165) is 24.1 Å². The van der Waals surface area contributed by atoms with Crippen LogP contribution in [-0.2, 0) is 11.3 Å². The van der Waals surface area contributed by atoms with E-state index in [1.165, 1.54) is 6.07 Å². The van der Waals surface area contributed by atoms with Crippen LogP contribution in [0.2, 0.25) is 5.02 Å². The molecule has 0 spiro atoms. The van der Waals surface area contributed by atoms with E-state index in [2.05, 4.69) is 10.3 Å². The van der Waals surface area contributed by atoms with Crippen molar-refractivity contribution in [1.29, 1.82) is 0 Å². The average Bonchev–Trinajstić information content (AvgIpc) is 3.30. The Balaban J connectivity index is 1.56. The standard InChI is InChI=1S/C22H23ClFN3O3/c1-12-15(10-25-27(12)13-8-22(2,28)9-13)21-16(11-29-14-6-7-14)20(26-30-21)19-17(23)4-3-5-18(19)24/h3-5,10,13-14,28H,6-9,11H2,1-2H3/t13-,22-. The van der Waals surface area contributed by atoms with Crippen molar-refractivity contribution < 1.29 is 18.8 Å². The molecular formula is C22H23ClFN3O3. The lowest BCUT2D eigenvalue weighted by atomic mass is 9.77. The minimum atomic E-state index is -0.645. The Bertz CT molecular complexity index is 1070. The van der Waals surface area contributed by atoms with Crippen molar-refractivity contribution in [1.82, 2.24) is 14.9 Å². The quantitative estimate of drug-likeness (QED) is 0.589. The molecule has 2 aliphatic rings. The van der Waals surface area contributed by atoms with E-state index in [4.69, 9.17) is 20.9 Å². The molecular weight excluding hydrogens is 409 g/mol. The van der Waals surface area contributed by atoms with Gasteiger partial charge in [-0.2, -0.15) is 5.10 Å². The van der Waals surface area contributed by atoms with Crippen LogP contribution in [0, 0.1) is 12.7 Å². The Kier molecular flexibility index (Phi) is 4.72. The predicted octanol–water partition coefficient (Wildman–Crippen LogP) is 5.07. The minimum absolute atomic E-state index is 0.142. The highest BCUT2D eigenvalue weighted by Gasteiger charge is 2.41. The Hall–Kier alpha value is -2.22. The number of aliphatic hydroxyl groups is 1. The summed E-state index contributed by atoms with van der Waals surface area (Å²) in [6.45, 7) is 4.04. The molecule has 2 saturated carbocycles. The van der Waals surface area contributed by atoms with Gasteiger partial charge in [0, 0.05) is 5.69 Å². The number of rotatable bonds is 6. The summed E-state index contributed by atoms with van der Waals surface area (Å²) < 4.78 is 28.2. The average molecular weight is 432 g/mol. The molecule has 0 saturated heterocycles. The summed E-state index contributed by atoms with van der Waals surface area (Å²) in [6.07, 6.45) is 5.30. The van der Waals surface area contributed by atoms with E-state index >= 15 is 0 Å². The van der Waals surface area contributed by atoms with Gasteiger partial charge in [-0.05, 0) is 51.7 Å². The fourth-order valence-corrected chi connectivity index (χ4v) is 4.41. The normalized spacial score (nSPS) is 23.6. The maximum absolute atomic E-state index is 14.6. The molecule has 0 unspecified atom stereocenters. The molecule has 2 aromatic heterocycles. The maximum atomic E-state index is 14.6. The van der Waals surface area contributed by atoms with Gasteiger partial charge in [-0.15, -0.1) is 0 Å². The summed E-state index contributed by atoms with van der Waals surface area (Å²) in [5.41, 5.74) is 2.27. The zero-order valence-electron chi connectivity index (χ0n) is 16.9. The molecule has 2 aliphatic carbocycles. The van der Waals surface area contributed by atoms with Crippen LogP contribution in [0.25, 0.3) is 22.6 Å².